The molecule has 0 spiro atoms. The maximum atomic E-state index is 10.7. The third kappa shape index (κ3) is 2.59. The molecule has 1 atom stereocenters. The third-order valence-electron chi connectivity index (χ3n) is 3.41. The van der Waals surface area contributed by atoms with Crippen LogP contribution in [0.5, 0.6) is 0 Å². The van der Waals surface area contributed by atoms with Crippen molar-refractivity contribution in [1.29, 1.82) is 0 Å². The number of hydrogen-bond acceptors (Lipinski definition) is 5. The van der Waals surface area contributed by atoms with E-state index in [0.717, 1.165) is 31.7 Å². The minimum Gasteiger partial charge on any atom is -0.396 e. The first-order valence-electron chi connectivity index (χ1n) is 6.08. The SMILES string of the molecule is Cc1cc(N2CCC(CCO)C2)ncc1[N+](=O)[O-]. The predicted molar refractivity (Wildman–Crippen MR) is 67.7 cm³/mol. The molecule has 1 aliphatic rings. The molecule has 0 aromatic carbocycles. The molecule has 98 valence electrons. The Labute approximate surface area is 105 Å². The number of nitro groups is 1. The second-order valence-electron chi connectivity index (χ2n) is 4.70. The molecule has 1 N–H and O–H groups in total. The molecule has 0 amide bonds. The average Bonchev–Trinajstić information content (AvgIpc) is 2.77. The van der Waals surface area contributed by atoms with Gasteiger partial charge in [0.1, 0.15) is 12.0 Å². The van der Waals surface area contributed by atoms with E-state index in [2.05, 4.69) is 9.88 Å². The van der Waals surface area contributed by atoms with E-state index in [1.54, 1.807) is 13.0 Å². The lowest BCUT2D eigenvalue weighted by molar-refractivity contribution is -0.385. The van der Waals surface area contributed by atoms with E-state index in [0.29, 0.717) is 11.5 Å². The van der Waals surface area contributed by atoms with E-state index in [4.69, 9.17) is 5.11 Å². The number of rotatable bonds is 4. The highest BCUT2D eigenvalue weighted by atomic mass is 16.6. The van der Waals surface area contributed by atoms with Gasteiger partial charge in [-0.25, -0.2) is 4.98 Å². The first kappa shape index (κ1) is 12.8. The van der Waals surface area contributed by atoms with Gasteiger partial charge in [-0.05, 0) is 31.7 Å². The van der Waals surface area contributed by atoms with Gasteiger partial charge in [-0.15, -0.1) is 0 Å². The van der Waals surface area contributed by atoms with Crippen molar-refractivity contribution >= 4 is 11.5 Å². The molecule has 1 aromatic heterocycles. The van der Waals surface area contributed by atoms with Gasteiger partial charge in [-0.1, -0.05) is 0 Å². The smallest absolute Gasteiger partial charge is 0.290 e. The van der Waals surface area contributed by atoms with Crippen LogP contribution in [-0.2, 0) is 0 Å². The monoisotopic (exact) mass is 251 g/mol. The molecule has 6 nitrogen and oxygen atoms in total. The van der Waals surface area contributed by atoms with Crippen LogP contribution in [0.15, 0.2) is 12.3 Å². The molecule has 18 heavy (non-hydrogen) atoms. The molecule has 0 aliphatic carbocycles. The summed E-state index contributed by atoms with van der Waals surface area (Å²) in [6, 6.07) is 1.76. The van der Waals surface area contributed by atoms with Crippen molar-refractivity contribution in [3.8, 4) is 0 Å². The standard InChI is InChI=1S/C12H17N3O3/c1-9-6-12(13-7-11(9)15(17)18)14-4-2-10(8-14)3-5-16/h6-7,10,16H,2-5,8H2,1H3. The first-order chi connectivity index (χ1) is 8.61. The Kier molecular flexibility index (Phi) is 3.76. The van der Waals surface area contributed by atoms with Crippen LogP contribution in [0, 0.1) is 23.0 Å². The lowest BCUT2D eigenvalue weighted by Gasteiger charge is -2.17. The molecule has 1 saturated heterocycles. The van der Waals surface area contributed by atoms with Crippen molar-refractivity contribution in [3.05, 3.63) is 27.9 Å². The summed E-state index contributed by atoms with van der Waals surface area (Å²) in [5.41, 5.74) is 0.695. The number of nitrogens with zero attached hydrogens (tertiary/aromatic N) is 3. The lowest BCUT2D eigenvalue weighted by Crippen LogP contribution is -2.21. The Bertz CT molecular complexity index is 450. The van der Waals surface area contributed by atoms with Crippen molar-refractivity contribution in [1.82, 2.24) is 4.98 Å². The molecule has 2 heterocycles. The van der Waals surface area contributed by atoms with Crippen LogP contribution in [0.25, 0.3) is 0 Å². The summed E-state index contributed by atoms with van der Waals surface area (Å²) in [4.78, 5) is 16.6. The van der Waals surface area contributed by atoms with Crippen LogP contribution >= 0.6 is 0 Å². The Morgan fingerprint density at radius 1 is 1.67 bits per heavy atom. The molecular weight excluding hydrogens is 234 g/mol. The topological polar surface area (TPSA) is 79.5 Å². The fraction of sp³-hybridized carbons (Fsp3) is 0.583. The van der Waals surface area contributed by atoms with Crippen LogP contribution in [0.1, 0.15) is 18.4 Å². The molecule has 0 radical (unpaired) electrons. The number of aliphatic hydroxyl groups excluding tert-OH is 1. The predicted octanol–water partition coefficient (Wildman–Crippen LogP) is 1.51. The normalized spacial score (nSPS) is 19.2. The molecule has 1 aliphatic heterocycles. The van der Waals surface area contributed by atoms with Crippen molar-refractivity contribution in [2.24, 2.45) is 5.92 Å². The van der Waals surface area contributed by atoms with Gasteiger partial charge in [-0.2, -0.15) is 0 Å². The van der Waals surface area contributed by atoms with Gasteiger partial charge in [-0.3, -0.25) is 10.1 Å². The molecule has 0 bridgehead atoms. The van der Waals surface area contributed by atoms with Crippen molar-refractivity contribution in [2.45, 2.75) is 19.8 Å². The number of aryl methyl sites for hydroxylation is 1. The number of aromatic nitrogens is 1. The summed E-state index contributed by atoms with van der Waals surface area (Å²) in [6.45, 7) is 3.70. The zero-order valence-electron chi connectivity index (χ0n) is 10.4. The van der Waals surface area contributed by atoms with Crippen LogP contribution < -0.4 is 4.90 Å². The molecule has 1 unspecified atom stereocenters. The van der Waals surface area contributed by atoms with E-state index in [1.165, 1.54) is 6.20 Å². The van der Waals surface area contributed by atoms with Gasteiger partial charge in [0, 0.05) is 25.3 Å². The Balaban J connectivity index is 2.11. The van der Waals surface area contributed by atoms with E-state index in [-0.39, 0.29) is 12.3 Å². The summed E-state index contributed by atoms with van der Waals surface area (Å²) in [5.74, 6) is 1.28. The average molecular weight is 251 g/mol. The molecule has 1 aromatic rings. The summed E-state index contributed by atoms with van der Waals surface area (Å²) in [6.07, 6.45) is 3.17. The minimum absolute atomic E-state index is 0.0601. The molecule has 1 fully saturated rings. The maximum absolute atomic E-state index is 10.7. The first-order valence-corrected chi connectivity index (χ1v) is 6.08. The van der Waals surface area contributed by atoms with Crippen LogP contribution in [0.2, 0.25) is 0 Å². The van der Waals surface area contributed by atoms with Crippen LogP contribution in [0.4, 0.5) is 11.5 Å². The molecule has 0 saturated carbocycles. The summed E-state index contributed by atoms with van der Waals surface area (Å²) in [5, 5.41) is 19.6. The zero-order chi connectivity index (χ0) is 13.1. The van der Waals surface area contributed by atoms with Crippen molar-refractivity contribution in [3.63, 3.8) is 0 Å². The highest BCUT2D eigenvalue weighted by Gasteiger charge is 2.24. The van der Waals surface area contributed by atoms with E-state index in [9.17, 15) is 10.1 Å². The van der Waals surface area contributed by atoms with Crippen molar-refractivity contribution < 1.29 is 10.0 Å². The third-order valence-corrected chi connectivity index (χ3v) is 3.41. The van der Waals surface area contributed by atoms with Gasteiger partial charge in [0.05, 0.1) is 4.92 Å². The Morgan fingerprint density at radius 3 is 3.06 bits per heavy atom. The highest BCUT2D eigenvalue weighted by Crippen LogP contribution is 2.27. The zero-order valence-corrected chi connectivity index (χ0v) is 10.4. The van der Waals surface area contributed by atoms with Crippen LogP contribution in [0.3, 0.4) is 0 Å². The Morgan fingerprint density at radius 2 is 2.44 bits per heavy atom. The van der Waals surface area contributed by atoms with E-state index >= 15 is 0 Å². The van der Waals surface area contributed by atoms with E-state index < -0.39 is 4.92 Å². The second kappa shape index (κ2) is 5.30. The maximum Gasteiger partial charge on any atom is 0.290 e. The second-order valence-corrected chi connectivity index (χ2v) is 4.70. The molecule has 2 rings (SSSR count). The van der Waals surface area contributed by atoms with E-state index in [1.807, 2.05) is 0 Å². The highest BCUT2D eigenvalue weighted by molar-refractivity contribution is 5.49. The Hall–Kier alpha value is -1.69. The summed E-state index contributed by atoms with van der Waals surface area (Å²) < 4.78 is 0. The van der Waals surface area contributed by atoms with Gasteiger partial charge >= 0.3 is 0 Å². The minimum atomic E-state index is -0.412. The summed E-state index contributed by atoms with van der Waals surface area (Å²) >= 11 is 0. The van der Waals surface area contributed by atoms with Crippen LogP contribution in [-0.4, -0.2) is 34.7 Å². The van der Waals surface area contributed by atoms with Gasteiger partial charge in [0.25, 0.3) is 5.69 Å². The van der Waals surface area contributed by atoms with Crippen molar-refractivity contribution in [2.75, 3.05) is 24.6 Å². The largest absolute Gasteiger partial charge is 0.396 e. The number of aliphatic hydroxyl groups is 1. The number of pyridine rings is 1. The fourth-order valence-corrected chi connectivity index (χ4v) is 2.36. The number of hydrogen-bond donors (Lipinski definition) is 1. The fourth-order valence-electron chi connectivity index (χ4n) is 2.36. The lowest BCUT2D eigenvalue weighted by atomic mass is 10.1. The quantitative estimate of drug-likeness (QED) is 0.648. The van der Waals surface area contributed by atoms with Gasteiger partial charge in [0.2, 0.25) is 0 Å². The molecular formula is C12H17N3O3. The summed E-state index contributed by atoms with van der Waals surface area (Å²) in [7, 11) is 0. The molecule has 6 heteroatoms. The van der Waals surface area contributed by atoms with Gasteiger partial charge in [0.15, 0.2) is 0 Å². The van der Waals surface area contributed by atoms with Gasteiger partial charge < -0.3 is 10.0 Å². The number of anilines is 1.